The number of pyridine rings is 1. The first kappa shape index (κ1) is 11.6. The van der Waals surface area contributed by atoms with E-state index in [0.717, 1.165) is 0 Å². The van der Waals surface area contributed by atoms with Crippen LogP contribution in [-0.2, 0) is 9.53 Å². The van der Waals surface area contributed by atoms with Gasteiger partial charge in [-0.1, -0.05) is 0 Å². The minimum atomic E-state index is -0.521. The van der Waals surface area contributed by atoms with E-state index in [4.69, 9.17) is 5.11 Å². The number of aromatic hydroxyl groups is 1. The first-order valence-electron chi connectivity index (χ1n) is 4.25. The summed E-state index contributed by atoms with van der Waals surface area (Å²) in [5, 5.41) is 9.11. The summed E-state index contributed by atoms with van der Waals surface area (Å²) in [6.45, 7) is 0. The molecule has 2 N–H and O–H groups in total. The highest BCUT2D eigenvalue weighted by Crippen LogP contribution is 2.19. The molecule has 0 aliphatic carbocycles. The van der Waals surface area contributed by atoms with Crippen LogP contribution >= 0.6 is 11.8 Å². The second-order valence-corrected chi connectivity index (χ2v) is 3.89. The monoisotopic (exact) mass is 229 g/mol. The predicted octanol–water partition coefficient (Wildman–Crippen LogP) is 0.736. The van der Waals surface area contributed by atoms with Gasteiger partial charge in [-0.05, 0) is 0 Å². The average Bonchev–Trinajstić information content (AvgIpc) is 2.23. The maximum Gasteiger partial charge on any atom is 0.306 e. The van der Waals surface area contributed by atoms with Crippen LogP contribution in [0, 0.1) is 0 Å². The van der Waals surface area contributed by atoms with Crippen LogP contribution in [0.1, 0.15) is 6.42 Å². The molecule has 0 amide bonds. The molecule has 0 atom stereocenters. The van der Waals surface area contributed by atoms with Gasteiger partial charge < -0.3 is 14.8 Å². The van der Waals surface area contributed by atoms with E-state index in [0.29, 0.717) is 17.1 Å². The normalized spacial score (nSPS) is 9.93. The van der Waals surface area contributed by atoms with Crippen molar-refractivity contribution in [2.75, 3.05) is 12.9 Å². The van der Waals surface area contributed by atoms with Gasteiger partial charge in [0.05, 0.1) is 13.5 Å². The molecule has 5 nitrogen and oxygen atoms in total. The largest absolute Gasteiger partial charge is 0.503 e. The lowest BCUT2D eigenvalue weighted by Crippen LogP contribution is -2.04. The fourth-order valence-electron chi connectivity index (χ4n) is 0.890. The van der Waals surface area contributed by atoms with Crippen molar-refractivity contribution in [3.05, 3.63) is 22.6 Å². The fourth-order valence-corrected chi connectivity index (χ4v) is 1.73. The Hall–Kier alpha value is -1.43. The number of ether oxygens (including phenoxy) is 1. The van der Waals surface area contributed by atoms with E-state index in [2.05, 4.69) is 9.72 Å². The molecule has 1 aromatic heterocycles. The minimum Gasteiger partial charge on any atom is -0.503 e. The first-order valence-corrected chi connectivity index (χ1v) is 5.23. The lowest BCUT2D eigenvalue weighted by atomic mass is 10.4. The molecule has 0 spiro atoms. The van der Waals surface area contributed by atoms with Crippen molar-refractivity contribution in [3.63, 3.8) is 0 Å². The van der Waals surface area contributed by atoms with Gasteiger partial charge in [-0.3, -0.25) is 9.59 Å². The van der Waals surface area contributed by atoms with Crippen molar-refractivity contribution in [1.82, 2.24) is 4.98 Å². The van der Waals surface area contributed by atoms with Crippen LogP contribution < -0.4 is 5.56 Å². The molecule has 1 heterocycles. The van der Waals surface area contributed by atoms with Crippen molar-refractivity contribution in [1.29, 1.82) is 0 Å². The highest BCUT2D eigenvalue weighted by atomic mass is 32.2. The summed E-state index contributed by atoms with van der Waals surface area (Å²) in [5.74, 6) is -0.0627. The second kappa shape index (κ2) is 5.45. The zero-order valence-corrected chi connectivity index (χ0v) is 8.97. The van der Waals surface area contributed by atoms with Gasteiger partial charge in [0.2, 0.25) is 0 Å². The van der Waals surface area contributed by atoms with E-state index in [9.17, 15) is 9.59 Å². The molecular formula is C9H11NO4S. The summed E-state index contributed by atoms with van der Waals surface area (Å²) in [6, 6.07) is 1.36. The van der Waals surface area contributed by atoms with Crippen LogP contribution in [0.3, 0.4) is 0 Å². The van der Waals surface area contributed by atoms with Gasteiger partial charge in [0.25, 0.3) is 5.56 Å². The van der Waals surface area contributed by atoms with Gasteiger partial charge in [-0.25, -0.2) is 0 Å². The van der Waals surface area contributed by atoms with E-state index >= 15 is 0 Å². The number of methoxy groups -OCH3 is 1. The summed E-state index contributed by atoms with van der Waals surface area (Å²) in [7, 11) is 1.33. The molecule has 1 rings (SSSR count). The predicted molar refractivity (Wildman–Crippen MR) is 56.1 cm³/mol. The Balaban J connectivity index is 2.48. The van der Waals surface area contributed by atoms with Gasteiger partial charge in [0.15, 0.2) is 5.75 Å². The number of hydrogen-bond donors (Lipinski definition) is 2. The molecular weight excluding hydrogens is 218 g/mol. The lowest BCUT2D eigenvalue weighted by molar-refractivity contribution is -0.140. The minimum absolute atomic E-state index is 0.281. The van der Waals surface area contributed by atoms with Crippen molar-refractivity contribution in [2.24, 2.45) is 0 Å². The van der Waals surface area contributed by atoms with E-state index in [1.165, 1.54) is 31.1 Å². The Labute approximate surface area is 90.5 Å². The van der Waals surface area contributed by atoms with E-state index in [1.807, 2.05) is 0 Å². The third kappa shape index (κ3) is 3.67. The molecule has 82 valence electrons. The Morgan fingerprint density at radius 1 is 1.67 bits per heavy atom. The fraction of sp³-hybridized carbons (Fsp3) is 0.333. The van der Waals surface area contributed by atoms with E-state index in [1.54, 1.807) is 0 Å². The lowest BCUT2D eigenvalue weighted by Gasteiger charge is -2.00. The third-order valence-corrected chi connectivity index (χ3v) is 2.64. The Bertz CT molecular complexity index is 401. The Morgan fingerprint density at radius 3 is 3.00 bits per heavy atom. The molecule has 0 saturated heterocycles. The number of aromatic nitrogens is 1. The molecule has 0 saturated carbocycles. The summed E-state index contributed by atoms with van der Waals surface area (Å²) >= 11 is 1.36. The van der Waals surface area contributed by atoms with Gasteiger partial charge in [-0.15, -0.1) is 11.8 Å². The number of thioether (sulfide) groups is 1. The van der Waals surface area contributed by atoms with Gasteiger partial charge in [0, 0.05) is 22.9 Å². The molecule has 0 fully saturated rings. The van der Waals surface area contributed by atoms with Gasteiger partial charge in [-0.2, -0.15) is 0 Å². The van der Waals surface area contributed by atoms with Gasteiger partial charge >= 0.3 is 5.97 Å². The molecule has 0 bridgehead atoms. The van der Waals surface area contributed by atoms with Crippen LogP contribution in [0.15, 0.2) is 22.0 Å². The summed E-state index contributed by atoms with van der Waals surface area (Å²) in [6.07, 6.45) is 1.78. The van der Waals surface area contributed by atoms with Crippen LogP contribution in [0.5, 0.6) is 5.75 Å². The number of carbonyl (C=O) groups is 1. The SMILES string of the molecule is COC(=O)CCSc1c[nH]c(=O)c(O)c1. The van der Waals surface area contributed by atoms with Crippen LogP contribution in [0.4, 0.5) is 0 Å². The van der Waals surface area contributed by atoms with E-state index < -0.39 is 5.56 Å². The van der Waals surface area contributed by atoms with Crippen molar-refractivity contribution >= 4 is 17.7 Å². The second-order valence-electron chi connectivity index (χ2n) is 2.72. The maximum atomic E-state index is 10.8. The zero-order valence-electron chi connectivity index (χ0n) is 8.15. The summed E-state index contributed by atoms with van der Waals surface area (Å²) in [4.78, 5) is 24.7. The summed E-state index contributed by atoms with van der Waals surface area (Å²) in [5.41, 5.74) is -0.521. The number of aromatic amines is 1. The smallest absolute Gasteiger partial charge is 0.306 e. The molecule has 15 heavy (non-hydrogen) atoms. The number of rotatable bonds is 4. The molecule has 0 unspecified atom stereocenters. The molecule has 6 heteroatoms. The number of nitrogens with one attached hydrogen (secondary N) is 1. The zero-order chi connectivity index (χ0) is 11.3. The Morgan fingerprint density at radius 2 is 2.40 bits per heavy atom. The standard InChI is InChI=1S/C9H11NO4S/c1-14-8(12)2-3-15-6-4-7(11)9(13)10-5-6/h4-5,11H,2-3H2,1H3,(H,10,13). The molecule has 0 aliphatic heterocycles. The molecule has 1 aromatic rings. The first-order chi connectivity index (χ1) is 7.13. The third-order valence-electron chi connectivity index (χ3n) is 1.66. The van der Waals surface area contributed by atoms with Gasteiger partial charge in [0.1, 0.15) is 0 Å². The Kier molecular flexibility index (Phi) is 4.23. The quantitative estimate of drug-likeness (QED) is 0.588. The van der Waals surface area contributed by atoms with Crippen molar-refractivity contribution in [3.8, 4) is 5.75 Å². The van der Waals surface area contributed by atoms with Crippen LogP contribution in [0.2, 0.25) is 0 Å². The number of esters is 1. The van der Waals surface area contributed by atoms with Crippen LogP contribution in [0.25, 0.3) is 0 Å². The molecule has 0 aromatic carbocycles. The number of H-pyrrole nitrogens is 1. The number of carbonyl (C=O) groups excluding carboxylic acids is 1. The highest BCUT2D eigenvalue weighted by molar-refractivity contribution is 7.99. The summed E-state index contributed by atoms with van der Waals surface area (Å²) < 4.78 is 4.47. The van der Waals surface area contributed by atoms with E-state index in [-0.39, 0.29) is 11.7 Å². The maximum absolute atomic E-state index is 10.8. The van der Waals surface area contributed by atoms with Crippen molar-refractivity contribution < 1.29 is 14.6 Å². The molecule has 0 radical (unpaired) electrons. The molecule has 0 aliphatic rings. The van der Waals surface area contributed by atoms with Crippen molar-refractivity contribution in [2.45, 2.75) is 11.3 Å². The highest BCUT2D eigenvalue weighted by Gasteiger charge is 2.03. The topological polar surface area (TPSA) is 79.4 Å². The average molecular weight is 229 g/mol. The van der Waals surface area contributed by atoms with Crippen LogP contribution in [-0.4, -0.2) is 28.9 Å². The number of hydrogen-bond acceptors (Lipinski definition) is 5.